The molecule has 4 nitrogen and oxygen atoms in total. The number of nitrogens with zero attached hydrogens (tertiary/aromatic N) is 2. The smallest absolute Gasteiger partial charge is 0.217 e. The van der Waals surface area contributed by atoms with E-state index in [0.29, 0.717) is 6.54 Å². The Kier molecular flexibility index (Phi) is 4.78. The van der Waals surface area contributed by atoms with Crippen LogP contribution >= 0.6 is 22.7 Å². The summed E-state index contributed by atoms with van der Waals surface area (Å²) in [5, 5.41) is 6.11. The lowest BCUT2D eigenvalue weighted by molar-refractivity contribution is -0.119. The number of rotatable bonds is 4. The molecule has 3 rings (SSSR count). The minimum absolute atomic E-state index is 0.00473. The second-order valence-corrected chi connectivity index (χ2v) is 7.89. The number of carbonyl (C=O) groups excluding carboxylic acids is 1. The van der Waals surface area contributed by atoms with Gasteiger partial charge in [0.1, 0.15) is 0 Å². The van der Waals surface area contributed by atoms with Crippen LogP contribution in [-0.4, -0.2) is 24.0 Å². The van der Waals surface area contributed by atoms with Crippen LogP contribution in [0.1, 0.15) is 31.6 Å². The van der Waals surface area contributed by atoms with Gasteiger partial charge in [0, 0.05) is 30.3 Å². The second kappa shape index (κ2) is 6.79. The van der Waals surface area contributed by atoms with Crippen molar-refractivity contribution in [3.8, 4) is 10.6 Å². The third-order valence-electron chi connectivity index (χ3n) is 3.85. The summed E-state index contributed by atoms with van der Waals surface area (Å²) in [7, 11) is 0. The second-order valence-electron chi connectivity index (χ2n) is 5.88. The largest absolute Gasteiger partial charge is 0.351 e. The molecule has 3 heterocycles. The number of thiophene rings is 1. The van der Waals surface area contributed by atoms with E-state index in [1.165, 1.54) is 17.7 Å². The first-order chi connectivity index (χ1) is 10.6. The fourth-order valence-electron chi connectivity index (χ4n) is 2.71. The van der Waals surface area contributed by atoms with Gasteiger partial charge in [-0.1, -0.05) is 6.92 Å². The zero-order valence-electron chi connectivity index (χ0n) is 13.0. The van der Waals surface area contributed by atoms with Gasteiger partial charge in [0.2, 0.25) is 5.91 Å². The van der Waals surface area contributed by atoms with Crippen LogP contribution in [-0.2, 0) is 11.3 Å². The van der Waals surface area contributed by atoms with E-state index >= 15 is 0 Å². The Morgan fingerprint density at radius 2 is 2.36 bits per heavy atom. The number of hydrogen-bond acceptors (Lipinski definition) is 5. The van der Waals surface area contributed by atoms with Crippen molar-refractivity contribution < 1.29 is 4.79 Å². The minimum Gasteiger partial charge on any atom is -0.351 e. The van der Waals surface area contributed by atoms with Gasteiger partial charge in [-0.15, -0.1) is 22.7 Å². The lowest BCUT2D eigenvalue weighted by Gasteiger charge is -2.30. The molecule has 1 saturated heterocycles. The van der Waals surface area contributed by atoms with Crippen LogP contribution in [0.2, 0.25) is 0 Å². The maximum absolute atomic E-state index is 11.0. The molecule has 0 radical (unpaired) electrons. The van der Waals surface area contributed by atoms with Gasteiger partial charge in [0.15, 0.2) is 5.13 Å². The number of piperidine rings is 1. The number of anilines is 1. The van der Waals surface area contributed by atoms with E-state index in [2.05, 4.69) is 34.7 Å². The first kappa shape index (κ1) is 15.5. The highest BCUT2D eigenvalue weighted by atomic mass is 32.1. The van der Waals surface area contributed by atoms with Crippen LogP contribution in [0.4, 0.5) is 5.13 Å². The highest BCUT2D eigenvalue weighted by Crippen LogP contribution is 2.33. The highest BCUT2D eigenvalue weighted by Gasteiger charge is 2.19. The van der Waals surface area contributed by atoms with Crippen molar-refractivity contribution in [3.05, 3.63) is 22.4 Å². The van der Waals surface area contributed by atoms with Crippen LogP contribution in [0.15, 0.2) is 17.5 Å². The third kappa shape index (κ3) is 3.67. The van der Waals surface area contributed by atoms with Crippen LogP contribution < -0.4 is 10.2 Å². The molecule has 118 valence electrons. The molecule has 0 aliphatic carbocycles. The molecule has 6 heteroatoms. The van der Waals surface area contributed by atoms with E-state index < -0.39 is 0 Å². The van der Waals surface area contributed by atoms with Gasteiger partial charge >= 0.3 is 0 Å². The van der Waals surface area contributed by atoms with Gasteiger partial charge in [0.25, 0.3) is 0 Å². The molecule has 2 aromatic heterocycles. The maximum Gasteiger partial charge on any atom is 0.217 e. The Balaban J connectivity index is 1.69. The molecular formula is C16H21N3OS2. The maximum atomic E-state index is 11.0. The number of aromatic nitrogens is 1. The Bertz CT molecular complexity index is 649. The summed E-state index contributed by atoms with van der Waals surface area (Å²) in [6.07, 6.45) is 2.59. The normalized spacial score (nSPS) is 18.5. The molecule has 0 saturated carbocycles. The minimum atomic E-state index is 0.00473. The molecule has 2 aromatic rings. The highest BCUT2D eigenvalue weighted by molar-refractivity contribution is 7.17. The van der Waals surface area contributed by atoms with Crippen molar-refractivity contribution >= 4 is 33.7 Å². The number of nitrogens with one attached hydrogen (secondary N) is 1. The molecule has 22 heavy (non-hydrogen) atoms. The van der Waals surface area contributed by atoms with Crippen molar-refractivity contribution in [1.82, 2.24) is 10.3 Å². The molecule has 0 aromatic carbocycles. The molecular weight excluding hydrogens is 314 g/mol. The zero-order valence-corrected chi connectivity index (χ0v) is 14.6. The van der Waals surface area contributed by atoms with E-state index in [-0.39, 0.29) is 5.91 Å². The number of amides is 1. The molecule has 1 aliphatic heterocycles. The molecule has 0 bridgehead atoms. The van der Waals surface area contributed by atoms with Crippen molar-refractivity contribution in [2.75, 3.05) is 18.0 Å². The number of thiazole rings is 1. The lowest BCUT2D eigenvalue weighted by atomic mass is 10.0. The SMILES string of the molecule is CC(=O)NCc1ccc(-c2csc(N3CCC[C@H](C)C3)n2)s1. The van der Waals surface area contributed by atoms with E-state index in [4.69, 9.17) is 4.98 Å². The Morgan fingerprint density at radius 3 is 3.14 bits per heavy atom. The van der Waals surface area contributed by atoms with Crippen LogP contribution in [0.25, 0.3) is 10.6 Å². The van der Waals surface area contributed by atoms with Gasteiger partial charge in [-0.3, -0.25) is 4.79 Å². The van der Waals surface area contributed by atoms with Gasteiger partial charge in [-0.05, 0) is 30.9 Å². The van der Waals surface area contributed by atoms with E-state index in [9.17, 15) is 4.79 Å². The fourth-order valence-corrected chi connectivity index (χ4v) is 4.55. The summed E-state index contributed by atoms with van der Waals surface area (Å²) in [5.41, 5.74) is 1.05. The lowest BCUT2D eigenvalue weighted by Crippen LogP contribution is -2.34. The van der Waals surface area contributed by atoms with Gasteiger partial charge < -0.3 is 10.2 Å². The van der Waals surface area contributed by atoms with Gasteiger partial charge in [-0.25, -0.2) is 4.98 Å². The van der Waals surface area contributed by atoms with Crippen molar-refractivity contribution in [2.45, 2.75) is 33.2 Å². The van der Waals surface area contributed by atoms with Crippen molar-refractivity contribution in [1.29, 1.82) is 0 Å². The van der Waals surface area contributed by atoms with E-state index in [1.54, 1.807) is 29.6 Å². The Hall–Kier alpha value is -1.40. The summed E-state index contributed by atoms with van der Waals surface area (Å²) >= 11 is 3.43. The summed E-state index contributed by atoms with van der Waals surface area (Å²) in [6.45, 7) is 6.69. The van der Waals surface area contributed by atoms with Gasteiger partial charge in [-0.2, -0.15) is 0 Å². The molecule has 1 aliphatic rings. The first-order valence-electron chi connectivity index (χ1n) is 7.66. The average molecular weight is 335 g/mol. The fraction of sp³-hybridized carbons (Fsp3) is 0.500. The van der Waals surface area contributed by atoms with Crippen LogP contribution in [0.5, 0.6) is 0 Å². The molecule has 1 atom stereocenters. The van der Waals surface area contributed by atoms with Crippen LogP contribution in [0, 0.1) is 5.92 Å². The predicted molar refractivity (Wildman–Crippen MR) is 93.6 cm³/mol. The summed E-state index contributed by atoms with van der Waals surface area (Å²) in [4.78, 5) is 20.5. The summed E-state index contributed by atoms with van der Waals surface area (Å²) in [6, 6.07) is 4.16. The van der Waals surface area contributed by atoms with Crippen LogP contribution in [0.3, 0.4) is 0 Å². The van der Waals surface area contributed by atoms with E-state index in [1.807, 2.05) is 0 Å². The van der Waals surface area contributed by atoms with Crippen molar-refractivity contribution in [3.63, 3.8) is 0 Å². The molecule has 1 amide bonds. The molecule has 1 N–H and O–H groups in total. The standard InChI is InChI=1S/C16H21N3OS2/c1-11-4-3-7-19(9-11)16-18-14(10-21-16)15-6-5-13(22-15)8-17-12(2)20/h5-6,10-11H,3-4,7-9H2,1-2H3,(H,17,20)/t11-/m0/s1. The van der Waals surface area contributed by atoms with Crippen molar-refractivity contribution in [2.24, 2.45) is 5.92 Å². The summed E-state index contributed by atoms with van der Waals surface area (Å²) in [5.74, 6) is 0.761. The summed E-state index contributed by atoms with van der Waals surface area (Å²) < 4.78 is 0. The average Bonchev–Trinajstić information content (AvgIpc) is 3.14. The monoisotopic (exact) mass is 335 g/mol. The molecule has 0 unspecified atom stereocenters. The molecule has 1 fully saturated rings. The number of hydrogen-bond donors (Lipinski definition) is 1. The topological polar surface area (TPSA) is 45.2 Å². The number of carbonyl (C=O) groups is 1. The molecule has 0 spiro atoms. The zero-order chi connectivity index (χ0) is 15.5. The first-order valence-corrected chi connectivity index (χ1v) is 9.35. The quantitative estimate of drug-likeness (QED) is 0.925. The van der Waals surface area contributed by atoms with Gasteiger partial charge in [0.05, 0.1) is 17.1 Å². The van der Waals surface area contributed by atoms with E-state index in [0.717, 1.165) is 34.7 Å². The third-order valence-corrected chi connectivity index (χ3v) is 5.85. The Morgan fingerprint density at radius 1 is 1.50 bits per heavy atom. The Labute approximate surface area is 139 Å². The predicted octanol–water partition coefficient (Wildman–Crippen LogP) is 3.74.